The van der Waals surface area contributed by atoms with E-state index >= 15 is 0 Å². The van der Waals surface area contributed by atoms with Crippen LogP contribution in [0.4, 0.5) is 4.79 Å². The van der Waals surface area contributed by atoms with Crippen molar-refractivity contribution in [2.24, 2.45) is 0 Å². The van der Waals surface area contributed by atoms with Gasteiger partial charge in [-0.1, -0.05) is 0 Å². The number of hydrogen-bond donors (Lipinski definition) is 3. The molecule has 3 N–H and O–H groups in total. The number of ketones is 1. The van der Waals surface area contributed by atoms with Crippen molar-refractivity contribution in [3.63, 3.8) is 0 Å². The number of alkyl carbamates (subject to hydrolysis) is 1. The summed E-state index contributed by atoms with van der Waals surface area (Å²) < 4.78 is 10.4. The minimum atomic E-state index is -0.511. The number of carbonyl (C=O) groups excluding carboxylic acids is 3. The zero-order valence-corrected chi connectivity index (χ0v) is 17.0. The van der Waals surface area contributed by atoms with Crippen molar-refractivity contribution in [2.45, 2.75) is 52.6 Å². The van der Waals surface area contributed by atoms with E-state index in [2.05, 4.69) is 10.6 Å². The van der Waals surface area contributed by atoms with Gasteiger partial charge in [0.05, 0.1) is 0 Å². The lowest BCUT2D eigenvalue weighted by molar-refractivity contribution is -0.123. The van der Waals surface area contributed by atoms with E-state index in [1.807, 2.05) is 20.8 Å². The maximum Gasteiger partial charge on any atom is 0.407 e. The Morgan fingerprint density at radius 3 is 2.25 bits per heavy atom. The standard InChI is InChI=1S/C20H30N2O6/c1-14(23)15-10-16(24)12-17(11-15)27-13-18(25)21-8-6-5-7-9-22-19(26)28-20(2,3)4/h10-12,24H,5-9,13H2,1-4H3,(H,21,25)(H,22,26). The summed E-state index contributed by atoms with van der Waals surface area (Å²) in [5, 5.41) is 15.0. The molecule has 0 saturated carbocycles. The lowest BCUT2D eigenvalue weighted by Crippen LogP contribution is -2.33. The van der Waals surface area contributed by atoms with E-state index in [-0.39, 0.29) is 29.8 Å². The molecule has 156 valence electrons. The van der Waals surface area contributed by atoms with E-state index in [1.165, 1.54) is 25.1 Å². The van der Waals surface area contributed by atoms with Crippen LogP contribution in [0.15, 0.2) is 18.2 Å². The third-order valence-corrected chi connectivity index (χ3v) is 3.51. The van der Waals surface area contributed by atoms with Crippen molar-refractivity contribution < 1.29 is 29.0 Å². The van der Waals surface area contributed by atoms with Gasteiger partial charge < -0.3 is 25.2 Å². The van der Waals surface area contributed by atoms with Gasteiger partial charge in [-0.25, -0.2) is 4.79 Å². The zero-order chi connectivity index (χ0) is 21.2. The summed E-state index contributed by atoms with van der Waals surface area (Å²) in [6.07, 6.45) is 1.95. The Balaban J connectivity index is 2.15. The summed E-state index contributed by atoms with van der Waals surface area (Å²) in [6, 6.07) is 4.16. The highest BCUT2D eigenvalue weighted by Crippen LogP contribution is 2.22. The number of hydrogen-bond acceptors (Lipinski definition) is 6. The quantitative estimate of drug-likeness (QED) is 0.415. The molecule has 1 rings (SSSR count). The van der Waals surface area contributed by atoms with Crippen LogP contribution in [0, 0.1) is 0 Å². The minimum Gasteiger partial charge on any atom is -0.508 e. The molecule has 1 aromatic carbocycles. The second-order valence-corrected chi connectivity index (χ2v) is 7.40. The van der Waals surface area contributed by atoms with E-state index in [9.17, 15) is 19.5 Å². The number of unbranched alkanes of at least 4 members (excludes halogenated alkanes) is 2. The maximum atomic E-state index is 11.8. The Hall–Kier alpha value is -2.77. The van der Waals surface area contributed by atoms with E-state index in [1.54, 1.807) is 0 Å². The Morgan fingerprint density at radius 1 is 1.00 bits per heavy atom. The number of rotatable bonds is 10. The Labute approximate surface area is 165 Å². The van der Waals surface area contributed by atoms with Crippen molar-refractivity contribution in [1.29, 1.82) is 0 Å². The molecule has 0 heterocycles. The van der Waals surface area contributed by atoms with Crippen molar-refractivity contribution in [2.75, 3.05) is 19.7 Å². The van der Waals surface area contributed by atoms with Crippen molar-refractivity contribution >= 4 is 17.8 Å². The average molecular weight is 394 g/mol. The molecule has 0 fully saturated rings. The van der Waals surface area contributed by atoms with Crippen LogP contribution in [0.5, 0.6) is 11.5 Å². The monoisotopic (exact) mass is 394 g/mol. The van der Waals surface area contributed by atoms with Gasteiger partial charge in [0.15, 0.2) is 12.4 Å². The fourth-order valence-electron chi connectivity index (χ4n) is 2.23. The molecule has 0 bridgehead atoms. The van der Waals surface area contributed by atoms with Crippen LogP contribution in [0.3, 0.4) is 0 Å². The van der Waals surface area contributed by atoms with Crippen LogP contribution in [0.2, 0.25) is 0 Å². The van der Waals surface area contributed by atoms with Gasteiger partial charge in [-0.2, -0.15) is 0 Å². The van der Waals surface area contributed by atoms with Gasteiger partial charge in [-0.3, -0.25) is 9.59 Å². The third-order valence-electron chi connectivity index (χ3n) is 3.51. The third kappa shape index (κ3) is 10.4. The Kier molecular flexibility index (Phi) is 9.27. The number of carbonyl (C=O) groups is 3. The van der Waals surface area contributed by atoms with Crippen molar-refractivity contribution in [3.05, 3.63) is 23.8 Å². The van der Waals surface area contributed by atoms with Gasteiger partial charge in [0.1, 0.15) is 17.1 Å². The Bertz CT molecular complexity index is 682. The molecule has 0 aliphatic carbocycles. The van der Waals surface area contributed by atoms with Crippen LogP contribution in [0.25, 0.3) is 0 Å². The first-order valence-corrected chi connectivity index (χ1v) is 9.28. The van der Waals surface area contributed by atoms with Crippen LogP contribution in [-0.4, -0.2) is 48.2 Å². The molecule has 0 aliphatic heterocycles. The second kappa shape index (κ2) is 11.2. The first kappa shape index (κ1) is 23.3. The first-order valence-electron chi connectivity index (χ1n) is 9.28. The van der Waals surface area contributed by atoms with E-state index < -0.39 is 11.7 Å². The lowest BCUT2D eigenvalue weighted by atomic mass is 10.1. The molecule has 28 heavy (non-hydrogen) atoms. The second-order valence-electron chi connectivity index (χ2n) is 7.40. The smallest absolute Gasteiger partial charge is 0.407 e. The SMILES string of the molecule is CC(=O)c1cc(O)cc(OCC(=O)NCCCCCNC(=O)OC(C)(C)C)c1. The number of ether oxygens (including phenoxy) is 2. The van der Waals surface area contributed by atoms with Crippen LogP contribution >= 0.6 is 0 Å². The number of phenols is 1. The molecule has 0 radical (unpaired) electrons. The van der Waals surface area contributed by atoms with Gasteiger partial charge in [0.2, 0.25) is 0 Å². The number of nitrogens with one attached hydrogen (secondary N) is 2. The van der Waals surface area contributed by atoms with E-state index in [0.717, 1.165) is 19.3 Å². The molecule has 0 aliphatic rings. The number of Topliss-reactive ketones (excluding diaryl/α,β-unsaturated/α-hetero) is 1. The summed E-state index contributed by atoms with van der Waals surface area (Å²) >= 11 is 0. The predicted octanol–water partition coefficient (Wildman–Crippen LogP) is 2.78. The van der Waals surface area contributed by atoms with Gasteiger partial charge in [0.25, 0.3) is 5.91 Å². The predicted molar refractivity (Wildman–Crippen MR) is 105 cm³/mol. The lowest BCUT2D eigenvalue weighted by Gasteiger charge is -2.19. The van der Waals surface area contributed by atoms with Crippen LogP contribution < -0.4 is 15.4 Å². The molecule has 2 amide bonds. The molecular formula is C20H30N2O6. The van der Waals surface area contributed by atoms with Gasteiger partial charge in [-0.05, 0) is 59.1 Å². The van der Waals surface area contributed by atoms with Crippen LogP contribution in [-0.2, 0) is 9.53 Å². The molecule has 0 saturated heterocycles. The van der Waals surface area contributed by atoms with Gasteiger partial charge in [-0.15, -0.1) is 0 Å². The highest BCUT2D eigenvalue weighted by atomic mass is 16.6. The summed E-state index contributed by atoms with van der Waals surface area (Å²) in [4.78, 5) is 34.6. The number of benzene rings is 1. The highest BCUT2D eigenvalue weighted by molar-refractivity contribution is 5.94. The molecule has 0 unspecified atom stereocenters. The largest absolute Gasteiger partial charge is 0.508 e. The molecular weight excluding hydrogens is 364 g/mol. The zero-order valence-electron chi connectivity index (χ0n) is 17.0. The summed E-state index contributed by atoms with van der Waals surface area (Å²) in [5.74, 6) is -0.331. The first-order chi connectivity index (χ1) is 13.1. The molecule has 0 aromatic heterocycles. The molecule has 8 nitrogen and oxygen atoms in total. The molecule has 8 heteroatoms. The minimum absolute atomic E-state index is 0.0944. The number of phenolic OH excluding ortho intramolecular Hbond substituents is 1. The Morgan fingerprint density at radius 2 is 1.64 bits per heavy atom. The average Bonchev–Trinajstić information content (AvgIpc) is 2.57. The van der Waals surface area contributed by atoms with Crippen LogP contribution in [0.1, 0.15) is 57.3 Å². The van der Waals surface area contributed by atoms with Gasteiger partial charge in [0, 0.05) is 24.7 Å². The summed E-state index contributed by atoms with van der Waals surface area (Å²) in [5.41, 5.74) is -0.196. The fraction of sp³-hybridized carbons (Fsp3) is 0.550. The van der Waals surface area contributed by atoms with Crippen molar-refractivity contribution in [1.82, 2.24) is 10.6 Å². The normalized spacial score (nSPS) is 10.9. The summed E-state index contributed by atoms with van der Waals surface area (Å²) in [7, 11) is 0. The molecule has 0 spiro atoms. The topological polar surface area (TPSA) is 114 Å². The number of aromatic hydroxyl groups is 1. The van der Waals surface area contributed by atoms with Gasteiger partial charge >= 0.3 is 6.09 Å². The molecule has 0 atom stereocenters. The number of amides is 2. The summed E-state index contributed by atoms with van der Waals surface area (Å²) in [6.45, 7) is 7.61. The van der Waals surface area contributed by atoms with Crippen molar-refractivity contribution in [3.8, 4) is 11.5 Å². The van der Waals surface area contributed by atoms with E-state index in [0.29, 0.717) is 18.7 Å². The maximum absolute atomic E-state index is 11.8. The highest BCUT2D eigenvalue weighted by Gasteiger charge is 2.15. The van der Waals surface area contributed by atoms with E-state index in [4.69, 9.17) is 9.47 Å². The fourth-order valence-corrected chi connectivity index (χ4v) is 2.23. The molecule has 1 aromatic rings.